The Bertz CT molecular complexity index is 358. The monoisotopic (exact) mass is 241 g/mol. The van der Waals surface area contributed by atoms with E-state index in [1.165, 1.54) is 18.6 Å². The molecule has 88 valence electrons. The molecule has 2 rings (SSSR count). The summed E-state index contributed by atoms with van der Waals surface area (Å²) in [5.41, 5.74) is 0. The fourth-order valence-electron chi connectivity index (χ4n) is 1.79. The van der Waals surface area contributed by atoms with Crippen molar-refractivity contribution in [2.24, 2.45) is 0 Å². The molecule has 2 heterocycles. The highest BCUT2D eigenvalue weighted by atomic mass is 32.2. The molecule has 0 bridgehead atoms. The molecule has 1 aliphatic rings. The summed E-state index contributed by atoms with van der Waals surface area (Å²) in [6.45, 7) is 0. The number of aliphatic carboxylic acids is 1. The second-order valence-electron chi connectivity index (χ2n) is 3.95. The van der Waals surface area contributed by atoms with Crippen LogP contribution in [-0.4, -0.2) is 27.1 Å². The van der Waals surface area contributed by atoms with Gasteiger partial charge in [0.15, 0.2) is 5.89 Å². The van der Waals surface area contributed by atoms with E-state index in [2.05, 4.69) is 4.98 Å². The third-order valence-electron chi connectivity index (χ3n) is 2.61. The second kappa shape index (κ2) is 5.39. The van der Waals surface area contributed by atoms with Crippen LogP contribution in [0.15, 0.2) is 10.6 Å². The first-order valence-electron chi connectivity index (χ1n) is 5.51. The van der Waals surface area contributed by atoms with Gasteiger partial charge in [-0.3, -0.25) is 4.79 Å². The third-order valence-corrected chi connectivity index (χ3v) is 4.01. The molecule has 16 heavy (non-hydrogen) atoms. The summed E-state index contributed by atoms with van der Waals surface area (Å²) < 4.78 is 5.51. The Kier molecular flexibility index (Phi) is 3.88. The van der Waals surface area contributed by atoms with Gasteiger partial charge in [-0.15, -0.1) is 0 Å². The number of oxazole rings is 1. The lowest BCUT2D eigenvalue weighted by molar-refractivity contribution is -0.137. The molecule has 1 N–H and O–H groups in total. The zero-order valence-electron chi connectivity index (χ0n) is 9.02. The Morgan fingerprint density at radius 3 is 3.25 bits per heavy atom. The second-order valence-corrected chi connectivity index (χ2v) is 5.36. The summed E-state index contributed by atoms with van der Waals surface area (Å²) in [5.74, 6) is 1.86. The number of thioether (sulfide) groups is 1. The van der Waals surface area contributed by atoms with Crippen molar-refractivity contribution in [3.63, 3.8) is 0 Å². The molecule has 1 unspecified atom stereocenters. The van der Waals surface area contributed by atoms with Gasteiger partial charge in [-0.1, -0.05) is 0 Å². The van der Waals surface area contributed by atoms with Gasteiger partial charge in [0.25, 0.3) is 0 Å². The lowest BCUT2D eigenvalue weighted by Gasteiger charge is -2.03. The van der Waals surface area contributed by atoms with Crippen LogP contribution in [0.4, 0.5) is 0 Å². The average molecular weight is 241 g/mol. The summed E-state index contributed by atoms with van der Waals surface area (Å²) in [6, 6.07) is 0. The van der Waals surface area contributed by atoms with E-state index < -0.39 is 5.97 Å². The minimum Gasteiger partial charge on any atom is -0.481 e. The number of carboxylic acid groups (broad SMARTS) is 1. The summed E-state index contributed by atoms with van der Waals surface area (Å²) in [6.07, 6.45) is 5.57. The van der Waals surface area contributed by atoms with Crippen LogP contribution in [0.3, 0.4) is 0 Å². The molecule has 0 aromatic carbocycles. The first kappa shape index (κ1) is 11.5. The summed E-state index contributed by atoms with van der Waals surface area (Å²) in [4.78, 5) is 14.6. The van der Waals surface area contributed by atoms with Gasteiger partial charge < -0.3 is 9.52 Å². The van der Waals surface area contributed by atoms with E-state index in [0.29, 0.717) is 17.4 Å². The van der Waals surface area contributed by atoms with Crippen LogP contribution in [0.25, 0.3) is 0 Å². The van der Waals surface area contributed by atoms with Gasteiger partial charge in [-0.05, 0) is 18.6 Å². The van der Waals surface area contributed by atoms with Crippen molar-refractivity contribution in [2.45, 2.75) is 37.4 Å². The Morgan fingerprint density at radius 2 is 2.56 bits per heavy atom. The minimum atomic E-state index is -0.802. The van der Waals surface area contributed by atoms with E-state index in [1.807, 2.05) is 11.8 Å². The molecule has 4 nitrogen and oxygen atoms in total. The van der Waals surface area contributed by atoms with Gasteiger partial charge in [0.1, 0.15) is 5.76 Å². The standard InChI is InChI=1S/C11H15NO3S/c13-11(14)4-3-8-7-12-10(15-8)6-9-2-1-5-16-9/h7,9H,1-6H2,(H,13,14). The fraction of sp³-hybridized carbons (Fsp3) is 0.636. The first-order chi connectivity index (χ1) is 7.74. The van der Waals surface area contributed by atoms with E-state index in [1.54, 1.807) is 6.20 Å². The van der Waals surface area contributed by atoms with Gasteiger partial charge in [-0.2, -0.15) is 11.8 Å². The Hall–Kier alpha value is -0.970. The van der Waals surface area contributed by atoms with E-state index in [-0.39, 0.29) is 6.42 Å². The average Bonchev–Trinajstić information content (AvgIpc) is 2.87. The van der Waals surface area contributed by atoms with Gasteiger partial charge in [0.05, 0.1) is 12.6 Å². The molecule has 1 fully saturated rings. The summed E-state index contributed by atoms with van der Waals surface area (Å²) >= 11 is 1.97. The molecule has 1 aliphatic heterocycles. The number of hydrogen-bond acceptors (Lipinski definition) is 4. The Labute approximate surface area is 98.4 Å². The molecule has 5 heteroatoms. The number of carboxylic acids is 1. The van der Waals surface area contributed by atoms with E-state index in [4.69, 9.17) is 9.52 Å². The fourth-order valence-corrected chi connectivity index (χ4v) is 3.05. The number of aryl methyl sites for hydroxylation is 1. The lowest BCUT2D eigenvalue weighted by atomic mass is 10.2. The zero-order valence-corrected chi connectivity index (χ0v) is 9.83. The molecule has 1 saturated heterocycles. The predicted molar refractivity (Wildman–Crippen MR) is 61.6 cm³/mol. The minimum absolute atomic E-state index is 0.104. The normalized spacial score (nSPS) is 20.1. The molecular weight excluding hydrogens is 226 g/mol. The quantitative estimate of drug-likeness (QED) is 0.855. The SMILES string of the molecule is O=C(O)CCc1cnc(CC2CCCS2)o1. The molecule has 0 aliphatic carbocycles. The van der Waals surface area contributed by atoms with Crippen molar-refractivity contribution >= 4 is 17.7 Å². The lowest BCUT2D eigenvalue weighted by Crippen LogP contribution is -2.01. The molecule has 1 aromatic heterocycles. The maximum Gasteiger partial charge on any atom is 0.303 e. The summed E-state index contributed by atoms with van der Waals surface area (Å²) in [7, 11) is 0. The van der Waals surface area contributed by atoms with E-state index in [0.717, 1.165) is 12.3 Å². The Morgan fingerprint density at radius 1 is 1.69 bits per heavy atom. The Balaban J connectivity index is 1.84. The van der Waals surface area contributed by atoms with Crippen molar-refractivity contribution in [1.82, 2.24) is 4.98 Å². The van der Waals surface area contributed by atoms with Crippen LogP contribution < -0.4 is 0 Å². The van der Waals surface area contributed by atoms with Crippen molar-refractivity contribution < 1.29 is 14.3 Å². The number of nitrogens with zero attached hydrogens (tertiary/aromatic N) is 1. The van der Waals surface area contributed by atoms with Crippen LogP contribution in [0.2, 0.25) is 0 Å². The van der Waals surface area contributed by atoms with Gasteiger partial charge in [0, 0.05) is 18.1 Å². The van der Waals surface area contributed by atoms with Crippen LogP contribution in [0.1, 0.15) is 30.9 Å². The van der Waals surface area contributed by atoms with Crippen LogP contribution in [0, 0.1) is 0 Å². The smallest absolute Gasteiger partial charge is 0.303 e. The topological polar surface area (TPSA) is 63.3 Å². The van der Waals surface area contributed by atoms with Crippen molar-refractivity contribution in [3.8, 4) is 0 Å². The maximum atomic E-state index is 10.4. The van der Waals surface area contributed by atoms with E-state index >= 15 is 0 Å². The number of hydrogen-bond donors (Lipinski definition) is 1. The van der Waals surface area contributed by atoms with Crippen LogP contribution in [0.5, 0.6) is 0 Å². The maximum absolute atomic E-state index is 10.4. The number of carbonyl (C=O) groups is 1. The van der Waals surface area contributed by atoms with Gasteiger partial charge in [-0.25, -0.2) is 4.98 Å². The van der Waals surface area contributed by atoms with Crippen LogP contribution in [-0.2, 0) is 17.6 Å². The zero-order chi connectivity index (χ0) is 11.4. The highest BCUT2D eigenvalue weighted by Crippen LogP contribution is 2.28. The highest BCUT2D eigenvalue weighted by molar-refractivity contribution is 8.00. The van der Waals surface area contributed by atoms with Crippen molar-refractivity contribution in [1.29, 1.82) is 0 Å². The molecule has 0 amide bonds. The van der Waals surface area contributed by atoms with Gasteiger partial charge >= 0.3 is 5.97 Å². The number of aromatic nitrogens is 1. The summed E-state index contributed by atoms with van der Waals surface area (Å²) in [5, 5.41) is 9.18. The molecule has 1 atom stereocenters. The molecule has 0 radical (unpaired) electrons. The molecular formula is C11H15NO3S. The van der Waals surface area contributed by atoms with E-state index in [9.17, 15) is 4.79 Å². The third kappa shape index (κ3) is 3.27. The molecule has 0 saturated carbocycles. The highest BCUT2D eigenvalue weighted by Gasteiger charge is 2.18. The molecule has 1 aromatic rings. The van der Waals surface area contributed by atoms with Crippen molar-refractivity contribution in [2.75, 3.05) is 5.75 Å². The largest absolute Gasteiger partial charge is 0.481 e. The molecule has 0 spiro atoms. The predicted octanol–water partition coefficient (Wildman–Crippen LogP) is 2.13. The van der Waals surface area contributed by atoms with Crippen molar-refractivity contribution in [3.05, 3.63) is 17.8 Å². The number of rotatable bonds is 5. The van der Waals surface area contributed by atoms with Crippen LogP contribution >= 0.6 is 11.8 Å². The first-order valence-corrected chi connectivity index (χ1v) is 6.56. The van der Waals surface area contributed by atoms with Gasteiger partial charge in [0.2, 0.25) is 0 Å².